The van der Waals surface area contributed by atoms with Gasteiger partial charge in [0, 0.05) is 0 Å². The van der Waals surface area contributed by atoms with Crippen molar-refractivity contribution >= 4 is 23.2 Å². The quantitative estimate of drug-likeness (QED) is 0.922. The van der Waals surface area contributed by atoms with Crippen LogP contribution in [0.5, 0.6) is 5.75 Å². The zero-order valence-corrected chi connectivity index (χ0v) is 11.7. The van der Waals surface area contributed by atoms with Gasteiger partial charge in [0.2, 0.25) is 0 Å². The number of hydrogen-bond acceptors (Lipinski definition) is 2. The molecule has 1 atom stereocenters. The zero-order chi connectivity index (χ0) is 14.0. The molecule has 19 heavy (non-hydrogen) atoms. The van der Waals surface area contributed by atoms with Crippen molar-refractivity contribution in [2.75, 3.05) is 7.11 Å². The van der Waals surface area contributed by atoms with Crippen LogP contribution in [0.3, 0.4) is 0 Å². The largest absolute Gasteiger partial charge is 0.495 e. The number of ether oxygens (including phenoxy) is 1. The van der Waals surface area contributed by atoms with E-state index in [2.05, 4.69) is 0 Å². The molecule has 0 spiro atoms. The molecule has 2 rings (SSSR count). The number of benzene rings is 2. The molecule has 1 unspecified atom stereocenters. The highest BCUT2D eigenvalue weighted by Crippen LogP contribution is 2.32. The summed E-state index contributed by atoms with van der Waals surface area (Å²) in [6, 6.07) is 9.18. The molecular weight excluding hydrogens is 288 g/mol. The van der Waals surface area contributed by atoms with Crippen molar-refractivity contribution in [1.29, 1.82) is 0 Å². The van der Waals surface area contributed by atoms with Crippen LogP contribution in [0.15, 0.2) is 36.4 Å². The van der Waals surface area contributed by atoms with Gasteiger partial charge < -0.3 is 10.5 Å². The molecule has 0 aromatic heterocycles. The molecule has 0 saturated heterocycles. The summed E-state index contributed by atoms with van der Waals surface area (Å²) in [4.78, 5) is 0. The SMILES string of the molecule is COc1ccc(C(N)c2cccc(F)c2Cl)cc1Cl. The van der Waals surface area contributed by atoms with Gasteiger partial charge in [0.25, 0.3) is 0 Å². The van der Waals surface area contributed by atoms with Crippen LogP contribution in [0.1, 0.15) is 17.2 Å². The molecule has 0 radical (unpaired) electrons. The van der Waals surface area contributed by atoms with Crippen LogP contribution in [0.2, 0.25) is 10.0 Å². The van der Waals surface area contributed by atoms with E-state index in [-0.39, 0.29) is 5.02 Å². The van der Waals surface area contributed by atoms with Crippen LogP contribution in [-0.4, -0.2) is 7.11 Å². The maximum atomic E-state index is 13.4. The van der Waals surface area contributed by atoms with Crippen LogP contribution < -0.4 is 10.5 Å². The molecule has 0 amide bonds. The molecule has 2 aromatic carbocycles. The monoisotopic (exact) mass is 299 g/mol. The van der Waals surface area contributed by atoms with E-state index in [1.807, 2.05) is 0 Å². The van der Waals surface area contributed by atoms with Crippen LogP contribution in [-0.2, 0) is 0 Å². The summed E-state index contributed by atoms with van der Waals surface area (Å²) in [7, 11) is 1.53. The summed E-state index contributed by atoms with van der Waals surface area (Å²) in [5.74, 6) is 0.0668. The molecule has 0 heterocycles. The highest BCUT2D eigenvalue weighted by atomic mass is 35.5. The molecule has 0 aliphatic heterocycles. The van der Waals surface area contributed by atoms with E-state index in [1.54, 1.807) is 30.3 Å². The standard InChI is InChI=1S/C14H12Cl2FNO/c1-19-12-6-5-8(7-10(12)15)14(18)9-3-2-4-11(17)13(9)16/h2-7,14H,18H2,1H3. The molecule has 0 fully saturated rings. The van der Waals surface area contributed by atoms with E-state index in [4.69, 9.17) is 33.7 Å². The highest BCUT2D eigenvalue weighted by Gasteiger charge is 2.16. The normalized spacial score (nSPS) is 12.3. The molecule has 2 nitrogen and oxygen atoms in total. The lowest BCUT2D eigenvalue weighted by molar-refractivity contribution is 0.415. The number of hydrogen-bond donors (Lipinski definition) is 1. The first-order valence-electron chi connectivity index (χ1n) is 5.57. The minimum absolute atomic E-state index is 0.0296. The number of nitrogens with two attached hydrogens (primary N) is 1. The Hall–Kier alpha value is -1.29. The predicted octanol–water partition coefficient (Wildman–Crippen LogP) is 4.19. The summed E-state index contributed by atoms with van der Waals surface area (Å²) in [5, 5.41) is 0.477. The summed E-state index contributed by atoms with van der Waals surface area (Å²) in [6.07, 6.45) is 0. The van der Waals surface area contributed by atoms with Gasteiger partial charge in [0.1, 0.15) is 11.6 Å². The van der Waals surface area contributed by atoms with Crippen LogP contribution in [0, 0.1) is 5.82 Å². The van der Waals surface area contributed by atoms with Gasteiger partial charge in [0.05, 0.1) is 23.2 Å². The molecule has 0 aliphatic rings. The second-order valence-electron chi connectivity index (χ2n) is 4.01. The van der Waals surface area contributed by atoms with Crippen molar-refractivity contribution in [3.63, 3.8) is 0 Å². The molecule has 0 aliphatic carbocycles. The Balaban J connectivity index is 2.41. The Morgan fingerprint density at radius 2 is 1.95 bits per heavy atom. The topological polar surface area (TPSA) is 35.2 Å². The minimum Gasteiger partial charge on any atom is -0.495 e. The van der Waals surface area contributed by atoms with Gasteiger partial charge in [-0.15, -0.1) is 0 Å². The third-order valence-corrected chi connectivity index (χ3v) is 3.55. The van der Waals surface area contributed by atoms with Crippen LogP contribution in [0.25, 0.3) is 0 Å². The summed E-state index contributed by atoms with van der Waals surface area (Å²) in [6.45, 7) is 0. The molecule has 0 saturated carbocycles. The first-order valence-corrected chi connectivity index (χ1v) is 6.33. The average Bonchev–Trinajstić information content (AvgIpc) is 2.41. The van der Waals surface area contributed by atoms with Crippen molar-refractivity contribution < 1.29 is 9.13 Å². The lowest BCUT2D eigenvalue weighted by atomic mass is 9.99. The highest BCUT2D eigenvalue weighted by molar-refractivity contribution is 6.32. The Morgan fingerprint density at radius 1 is 1.21 bits per heavy atom. The van der Waals surface area contributed by atoms with Gasteiger partial charge in [-0.05, 0) is 29.3 Å². The Kier molecular flexibility index (Phi) is 4.30. The van der Waals surface area contributed by atoms with Gasteiger partial charge in [0.15, 0.2) is 0 Å². The van der Waals surface area contributed by atoms with Gasteiger partial charge >= 0.3 is 0 Å². The van der Waals surface area contributed by atoms with Crippen LogP contribution >= 0.6 is 23.2 Å². The van der Waals surface area contributed by atoms with Crippen molar-refractivity contribution in [1.82, 2.24) is 0 Å². The molecule has 5 heteroatoms. The molecular formula is C14H12Cl2FNO. The molecule has 100 valence electrons. The number of rotatable bonds is 3. The minimum atomic E-state index is -0.549. The van der Waals surface area contributed by atoms with Gasteiger partial charge in [-0.3, -0.25) is 0 Å². The Morgan fingerprint density at radius 3 is 2.58 bits per heavy atom. The van der Waals surface area contributed by atoms with Gasteiger partial charge in [-0.2, -0.15) is 0 Å². The van der Waals surface area contributed by atoms with Crippen molar-refractivity contribution in [3.8, 4) is 5.75 Å². The fraction of sp³-hybridized carbons (Fsp3) is 0.143. The Bertz CT molecular complexity index is 604. The summed E-state index contributed by atoms with van der Waals surface area (Å²) >= 11 is 12.0. The Labute approximate surface area is 120 Å². The lowest BCUT2D eigenvalue weighted by Gasteiger charge is -2.15. The number of methoxy groups -OCH3 is 1. The first-order chi connectivity index (χ1) is 9.04. The number of halogens is 3. The van der Waals surface area contributed by atoms with E-state index in [9.17, 15) is 4.39 Å². The summed E-state index contributed by atoms with van der Waals surface area (Å²) < 4.78 is 18.5. The third-order valence-electron chi connectivity index (χ3n) is 2.85. The third kappa shape index (κ3) is 2.84. The molecule has 2 aromatic rings. The second kappa shape index (κ2) is 5.78. The van der Waals surface area contributed by atoms with Crippen molar-refractivity contribution in [2.45, 2.75) is 6.04 Å². The van der Waals surface area contributed by atoms with E-state index in [1.165, 1.54) is 13.2 Å². The fourth-order valence-electron chi connectivity index (χ4n) is 1.82. The maximum absolute atomic E-state index is 13.4. The fourth-order valence-corrected chi connectivity index (χ4v) is 2.33. The van der Waals surface area contributed by atoms with Gasteiger partial charge in [-0.1, -0.05) is 41.4 Å². The van der Waals surface area contributed by atoms with E-state index in [0.29, 0.717) is 16.3 Å². The molecule has 2 N–H and O–H groups in total. The molecule has 0 bridgehead atoms. The average molecular weight is 300 g/mol. The maximum Gasteiger partial charge on any atom is 0.142 e. The van der Waals surface area contributed by atoms with Crippen molar-refractivity contribution in [3.05, 3.63) is 63.4 Å². The van der Waals surface area contributed by atoms with E-state index in [0.717, 1.165) is 5.56 Å². The van der Waals surface area contributed by atoms with Crippen molar-refractivity contribution in [2.24, 2.45) is 5.73 Å². The van der Waals surface area contributed by atoms with Crippen LogP contribution in [0.4, 0.5) is 4.39 Å². The predicted molar refractivity (Wildman–Crippen MR) is 75.4 cm³/mol. The van der Waals surface area contributed by atoms with Gasteiger partial charge in [-0.25, -0.2) is 4.39 Å². The second-order valence-corrected chi connectivity index (χ2v) is 4.80. The lowest BCUT2D eigenvalue weighted by Crippen LogP contribution is -2.13. The van der Waals surface area contributed by atoms with E-state index >= 15 is 0 Å². The summed E-state index contributed by atoms with van der Waals surface area (Å²) in [5.41, 5.74) is 7.35. The first kappa shape index (κ1) is 14.1. The van der Waals surface area contributed by atoms with E-state index < -0.39 is 11.9 Å². The smallest absolute Gasteiger partial charge is 0.142 e. The zero-order valence-electron chi connectivity index (χ0n) is 10.2.